The highest BCUT2D eigenvalue weighted by Gasteiger charge is 2.12. The summed E-state index contributed by atoms with van der Waals surface area (Å²) < 4.78 is 10.5. The van der Waals surface area contributed by atoms with Crippen LogP contribution in [0.5, 0.6) is 5.75 Å². The van der Waals surface area contributed by atoms with Gasteiger partial charge in [-0.2, -0.15) is 0 Å². The highest BCUT2D eigenvalue weighted by atomic mass is 35.5. The number of para-hydroxylation sites is 1. The summed E-state index contributed by atoms with van der Waals surface area (Å²) in [5.41, 5.74) is 0. The molecule has 0 atom stereocenters. The molecule has 0 aliphatic heterocycles. The van der Waals surface area contributed by atoms with Gasteiger partial charge in [-0.25, -0.2) is 0 Å². The smallest absolute Gasteiger partial charge is 0.311 e. The lowest BCUT2D eigenvalue weighted by molar-refractivity contribution is -0.143. The topological polar surface area (TPSA) is 52.6 Å². The van der Waals surface area contributed by atoms with Gasteiger partial charge in [0.1, 0.15) is 0 Å². The molecule has 1 aromatic rings. The van der Waals surface area contributed by atoms with E-state index in [1.807, 2.05) is 0 Å². The van der Waals surface area contributed by atoms with Gasteiger partial charge in [0.05, 0.1) is 16.7 Å². The van der Waals surface area contributed by atoms with Gasteiger partial charge in [-0.3, -0.25) is 9.59 Å². The molecule has 0 radical (unpaired) electrons. The van der Waals surface area contributed by atoms with Crippen molar-refractivity contribution >= 4 is 35.1 Å². The molecule has 0 bridgehead atoms. The molecular weight excluding hydrogens is 399 g/mol. The van der Waals surface area contributed by atoms with Gasteiger partial charge in [0.25, 0.3) is 0 Å². The largest absolute Gasteiger partial charge is 0.466 e. The summed E-state index contributed by atoms with van der Waals surface area (Å²) in [6.45, 7) is 2.72. The monoisotopic (exact) mass is 430 g/mol. The van der Waals surface area contributed by atoms with E-state index in [0.29, 0.717) is 35.9 Å². The number of hydrogen-bond donors (Lipinski definition) is 0. The molecule has 1 rings (SSSR count). The van der Waals surface area contributed by atoms with Crippen molar-refractivity contribution in [3.05, 3.63) is 28.2 Å². The van der Waals surface area contributed by atoms with Crippen LogP contribution in [0.1, 0.15) is 84.0 Å². The number of hydrogen-bond acceptors (Lipinski definition) is 4. The average molecular weight is 431 g/mol. The molecule has 0 aliphatic carbocycles. The number of carbonyl (C=O) groups excluding carboxylic acids is 2. The van der Waals surface area contributed by atoms with Crippen LogP contribution in [0.2, 0.25) is 10.0 Å². The predicted octanol–water partition coefficient (Wildman–Crippen LogP) is 7.14. The Morgan fingerprint density at radius 3 is 1.96 bits per heavy atom. The van der Waals surface area contributed by atoms with Crippen molar-refractivity contribution in [2.45, 2.75) is 84.0 Å². The summed E-state index contributed by atoms with van der Waals surface area (Å²) >= 11 is 11.9. The zero-order chi connectivity index (χ0) is 20.6. The van der Waals surface area contributed by atoms with Gasteiger partial charge >= 0.3 is 11.9 Å². The van der Waals surface area contributed by atoms with Gasteiger partial charge in [-0.1, -0.05) is 81.1 Å². The summed E-state index contributed by atoms with van der Waals surface area (Å²) in [5.74, 6) is -0.335. The first-order chi connectivity index (χ1) is 13.5. The van der Waals surface area contributed by atoms with Crippen molar-refractivity contribution in [3.63, 3.8) is 0 Å². The van der Waals surface area contributed by atoms with Crippen LogP contribution in [0, 0.1) is 0 Å². The fourth-order valence-electron chi connectivity index (χ4n) is 2.78. The Kier molecular flexibility index (Phi) is 13.8. The van der Waals surface area contributed by atoms with E-state index in [-0.39, 0.29) is 24.1 Å². The zero-order valence-corrected chi connectivity index (χ0v) is 18.3. The van der Waals surface area contributed by atoms with Gasteiger partial charge in [-0.15, -0.1) is 0 Å². The average Bonchev–Trinajstić information content (AvgIpc) is 2.66. The molecule has 158 valence electrons. The van der Waals surface area contributed by atoms with E-state index in [1.54, 1.807) is 18.2 Å². The van der Waals surface area contributed by atoms with Gasteiger partial charge in [-0.05, 0) is 31.4 Å². The Morgan fingerprint density at radius 1 is 0.786 bits per heavy atom. The minimum absolute atomic E-state index is 0.156. The summed E-state index contributed by atoms with van der Waals surface area (Å²) in [4.78, 5) is 23.6. The van der Waals surface area contributed by atoms with Gasteiger partial charge in [0.2, 0.25) is 0 Å². The SMILES string of the molecule is CCCCCCCCCOC(=O)CCCCCC(=O)Oc1c(Cl)cccc1Cl. The first kappa shape index (κ1) is 24.8. The number of esters is 2. The summed E-state index contributed by atoms with van der Waals surface area (Å²) in [7, 11) is 0. The molecule has 1 aromatic carbocycles. The lowest BCUT2D eigenvalue weighted by Gasteiger charge is -2.08. The molecule has 6 heteroatoms. The van der Waals surface area contributed by atoms with Gasteiger partial charge in [0, 0.05) is 12.8 Å². The third kappa shape index (κ3) is 11.6. The Hall–Kier alpha value is -1.26. The predicted molar refractivity (Wildman–Crippen MR) is 114 cm³/mol. The first-order valence-corrected chi connectivity index (χ1v) is 11.1. The fraction of sp³-hybridized carbons (Fsp3) is 0.636. The first-order valence-electron chi connectivity index (χ1n) is 10.3. The molecule has 0 aromatic heterocycles. The van der Waals surface area contributed by atoms with E-state index >= 15 is 0 Å². The van der Waals surface area contributed by atoms with E-state index < -0.39 is 0 Å². The Bertz CT molecular complexity index is 570. The summed E-state index contributed by atoms with van der Waals surface area (Å²) in [6, 6.07) is 4.93. The van der Waals surface area contributed by atoms with Crippen LogP contribution in [-0.4, -0.2) is 18.5 Å². The van der Waals surface area contributed by atoms with Crippen LogP contribution in [0.3, 0.4) is 0 Å². The second-order valence-corrected chi connectivity index (χ2v) is 7.74. The van der Waals surface area contributed by atoms with Crippen LogP contribution < -0.4 is 4.74 Å². The van der Waals surface area contributed by atoms with Crippen molar-refractivity contribution < 1.29 is 19.1 Å². The van der Waals surface area contributed by atoms with Crippen LogP contribution in [0.15, 0.2) is 18.2 Å². The van der Waals surface area contributed by atoms with Crippen LogP contribution in [-0.2, 0) is 14.3 Å². The zero-order valence-electron chi connectivity index (χ0n) is 16.8. The summed E-state index contributed by atoms with van der Waals surface area (Å²) in [5, 5.41) is 0.620. The lowest BCUT2D eigenvalue weighted by Crippen LogP contribution is -2.09. The molecule has 0 amide bonds. The van der Waals surface area contributed by atoms with E-state index in [0.717, 1.165) is 19.3 Å². The van der Waals surface area contributed by atoms with E-state index in [1.165, 1.54) is 32.1 Å². The standard InChI is InChI=1S/C22H32Cl2O4/c1-2-3-4-5-6-7-11-17-27-20(25)15-9-8-10-16-21(26)28-22-18(23)13-12-14-19(22)24/h12-14H,2-11,15-17H2,1H3. The highest BCUT2D eigenvalue weighted by molar-refractivity contribution is 6.37. The van der Waals surface area contributed by atoms with Crippen molar-refractivity contribution in [1.29, 1.82) is 0 Å². The number of ether oxygens (including phenoxy) is 2. The number of halogens is 2. The van der Waals surface area contributed by atoms with Gasteiger partial charge < -0.3 is 9.47 Å². The second kappa shape index (κ2) is 15.6. The Labute approximate surface area is 178 Å². The van der Waals surface area contributed by atoms with Crippen LogP contribution >= 0.6 is 23.2 Å². The van der Waals surface area contributed by atoms with Crippen molar-refractivity contribution in [2.75, 3.05) is 6.61 Å². The molecule has 0 saturated heterocycles. The van der Waals surface area contributed by atoms with Gasteiger partial charge in [0.15, 0.2) is 5.75 Å². The summed E-state index contributed by atoms with van der Waals surface area (Å²) in [6.07, 6.45) is 11.2. The minimum atomic E-state index is -0.378. The number of carbonyl (C=O) groups is 2. The third-order valence-corrected chi connectivity index (χ3v) is 5.00. The molecule has 28 heavy (non-hydrogen) atoms. The van der Waals surface area contributed by atoms with Crippen molar-refractivity contribution in [3.8, 4) is 5.75 Å². The van der Waals surface area contributed by atoms with Crippen LogP contribution in [0.25, 0.3) is 0 Å². The third-order valence-electron chi connectivity index (χ3n) is 4.41. The number of unbranched alkanes of at least 4 members (excludes halogenated alkanes) is 8. The molecule has 0 unspecified atom stereocenters. The van der Waals surface area contributed by atoms with E-state index in [9.17, 15) is 9.59 Å². The van der Waals surface area contributed by atoms with Crippen molar-refractivity contribution in [1.82, 2.24) is 0 Å². The van der Waals surface area contributed by atoms with Crippen LogP contribution in [0.4, 0.5) is 0 Å². The molecule has 4 nitrogen and oxygen atoms in total. The number of benzene rings is 1. The fourth-order valence-corrected chi connectivity index (χ4v) is 3.25. The quantitative estimate of drug-likeness (QED) is 0.168. The highest BCUT2D eigenvalue weighted by Crippen LogP contribution is 2.32. The molecule has 0 spiro atoms. The lowest BCUT2D eigenvalue weighted by atomic mass is 10.1. The van der Waals surface area contributed by atoms with E-state index in [4.69, 9.17) is 32.7 Å². The number of rotatable bonds is 15. The molecule has 0 saturated carbocycles. The maximum atomic E-state index is 11.9. The maximum absolute atomic E-state index is 11.9. The Balaban J connectivity index is 2.00. The van der Waals surface area contributed by atoms with Crippen molar-refractivity contribution in [2.24, 2.45) is 0 Å². The molecular formula is C22H32Cl2O4. The Morgan fingerprint density at radius 2 is 1.32 bits per heavy atom. The molecule has 0 aliphatic rings. The molecule has 0 N–H and O–H groups in total. The molecule has 0 heterocycles. The maximum Gasteiger partial charge on any atom is 0.311 e. The normalized spacial score (nSPS) is 10.7. The molecule has 0 fully saturated rings. The minimum Gasteiger partial charge on any atom is -0.466 e. The van der Waals surface area contributed by atoms with E-state index in [2.05, 4.69) is 6.92 Å². The second-order valence-electron chi connectivity index (χ2n) is 6.93.